The van der Waals surface area contributed by atoms with E-state index < -0.39 is 5.97 Å². The third-order valence-electron chi connectivity index (χ3n) is 6.52. The molecule has 0 saturated carbocycles. The summed E-state index contributed by atoms with van der Waals surface area (Å²) in [4.78, 5) is 26.4. The van der Waals surface area contributed by atoms with Gasteiger partial charge in [-0.25, -0.2) is 4.79 Å². The van der Waals surface area contributed by atoms with Crippen LogP contribution in [0.2, 0.25) is 0 Å². The van der Waals surface area contributed by atoms with E-state index in [0.29, 0.717) is 35.7 Å². The number of hydrogen-bond donors (Lipinski definition) is 0. The highest BCUT2D eigenvalue weighted by Crippen LogP contribution is 2.29. The van der Waals surface area contributed by atoms with Gasteiger partial charge in [0.15, 0.2) is 13.6 Å². The molecule has 4 aromatic carbocycles. The van der Waals surface area contributed by atoms with E-state index in [4.69, 9.17) is 23.7 Å². The van der Waals surface area contributed by atoms with Crippen LogP contribution in [0, 0.1) is 0 Å². The summed E-state index contributed by atoms with van der Waals surface area (Å²) in [6, 6.07) is 30.9. The highest BCUT2D eigenvalue weighted by atomic mass is 16.7. The van der Waals surface area contributed by atoms with Crippen molar-refractivity contribution in [3.63, 3.8) is 0 Å². The van der Waals surface area contributed by atoms with Crippen LogP contribution < -0.4 is 9.47 Å². The van der Waals surface area contributed by atoms with Crippen LogP contribution in [0.4, 0.5) is 0 Å². The summed E-state index contributed by atoms with van der Waals surface area (Å²) in [7, 11) is 4.43. The van der Waals surface area contributed by atoms with E-state index in [2.05, 4.69) is 0 Å². The number of methoxy groups -OCH3 is 3. The Morgan fingerprint density at radius 2 is 1.00 bits per heavy atom. The number of benzene rings is 4. The topological polar surface area (TPSA) is 83.5 Å². The van der Waals surface area contributed by atoms with E-state index in [1.165, 1.54) is 14.2 Å². The molecule has 4 rings (SSSR count). The fourth-order valence-corrected chi connectivity index (χ4v) is 4.29. The molecule has 0 saturated heterocycles. The summed E-state index contributed by atoms with van der Waals surface area (Å²) >= 11 is 0. The molecule has 8 nitrogen and oxygen atoms in total. The number of nitrogens with zero attached hydrogens (tertiary/aromatic N) is 1. The number of esters is 1. The summed E-state index contributed by atoms with van der Waals surface area (Å²) in [5.74, 6) is 0.523. The lowest BCUT2D eigenvalue weighted by Crippen LogP contribution is -2.30. The molecule has 0 heterocycles. The molecule has 0 aliphatic rings. The molecule has 0 aromatic heterocycles. The summed E-state index contributed by atoms with van der Waals surface area (Å²) in [5, 5.41) is 0. The van der Waals surface area contributed by atoms with Gasteiger partial charge >= 0.3 is 5.97 Å². The maximum atomic E-state index is 12.8. The van der Waals surface area contributed by atoms with Gasteiger partial charge in [0.25, 0.3) is 5.91 Å². The van der Waals surface area contributed by atoms with Crippen LogP contribution in [0.5, 0.6) is 11.5 Å². The molecule has 0 fully saturated rings. The summed E-state index contributed by atoms with van der Waals surface area (Å²) in [6.07, 6.45) is 0. The zero-order chi connectivity index (χ0) is 31.0. The molecule has 4 aromatic rings. The minimum Gasteiger partial charge on any atom is -0.467 e. The predicted octanol–water partition coefficient (Wildman–Crippen LogP) is 8.21. The van der Waals surface area contributed by atoms with Gasteiger partial charge < -0.3 is 28.6 Å². The Labute approximate surface area is 268 Å². The van der Waals surface area contributed by atoms with E-state index in [0.717, 1.165) is 22.3 Å². The normalized spacial score (nSPS) is 9.80. The third kappa shape index (κ3) is 10.8. The lowest BCUT2D eigenvalue weighted by molar-refractivity contribution is 0.0464. The van der Waals surface area contributed by atoms with Gasteiger partial charge in [0.2, 0.25) is 0 Å². The summed E-state index contributed by atoms with van der Waals surface area (Å²) < 4.78 is 25.5. The van der Waals surface area contributed by atoms with Gasteiger partial charge in [-0.2, -0.15) is 0 Å². The highest BCUT2D eigenvalue weighted by molar-refractivity contribution is 5.98. The largest absolute Gasteiger partial charge is 0.467 e. The third-order valence-corrected chi connectivity index (χ3v) is 6.52. The molecule has 0 N–H and O–H groups in total. The Bertz CT molecular complexity index is 1440. The number of rotatable bonds is 12. The summed E-state index contributed by atoms with van der Waals surface area (Å²) in [6.45, 7) is 5.46. The molecule has 0 aliphatic heterocycles. The second-order valence-corrected chi connectivity index (χ2v) is 9.22. The van der Waals surface area contributed by atoms with Gasteiger partial charge in [-0.15, -0.1) is 0 Å². The van der Waals surface area contributed by atoms with Crippen LogP contribution in [0.15, 0.2) is 97.1 Å². The van der Waals surface area contributed by atoms with E-state index >= 15 is 0 Å². The first-order valence-electron chi connectivity index (χ1n) is 14.0. The molecule has 1 amide bonds. The molecule has 0 spiro atoms. The average Bonchev–Trinajstić information content (AvgIpc) is 3.07. The average molecular weight is 618 g/mol. The van der Waals surface area contributed by atoms with Crippen molar-refractivity contribution in [2.24, 2.45) is 0 Å². The van der Waals surface area contributed by atoms with Gasteiger partial charge in [-0.3, -0.25) is 4.79 Å². The van der Waals surface area contributed by atoms with Crippen LogP contribution in [0.3, 0.4) is 0 Å². The molecular weight excluding hydrogens is 570 g/mol. The van der Waals surface area contributed by atoms with Crippen LogP contribution in [-0.2, 0) is 14.2 Å². The molecule has 242 valence electrons. The van der Waals surface area contributed by atoms with Crippen molar-refractivity contribution >= 4 is 11.9 Å². The van der Waals surface area contributed by atoms with Crippen molar-refractivity contribution in [3.05, 3.63) is 108 Å². The monoisotopic (exact) mass is 617 g/mol. The number of hydrogen-bond acceptors (Lipinski definition) is 7. The molecule has 0 bridgehead atoms. The fraction of sp³-hybridized carbons (Fsp3) is 0.297. The molecule has 45 heavy (non-hydrogen) atoms. The predicted molar refractivity (Wildman–Crippen MR) is 181 cm³/mol. The Balaban J connectivity index is 0.000000434. The molecule has 8 heteroatoms. The second kappa shape index (κ2) is 20.3. The molecular formula is C37H47NO7. The fourth-order valence-electron chi connectivity index (χ4n) is 4.29. The molecule has 0 atom stereocenters. The van der Waals surface area contributed by atoms with Gasteiger partial charge in [-0.1, -0.05) is 87.6 Å². The van der Waals surface area contributed by atoms with Crippen molar-refractivity contribution in [2.45, 2.75) is 28.7 Å². The molecule has 0 unspecified atom stereocenters. The van der Waals surface area contributed by atoms with Gasteiger partial charge in [0.1, 0.15) is 17.1 Å². The quantitative estimate of drug-likeness (QED) is 0.117. The number of amides is 1. The smallest absolute Gasteiger partial charge is 0.341 e. The maximum absolute atomic E-state index is 12.8. The lowest BCUT2D eigenvalue weighted by Gasteiger charge is -2.21. The Hall–Kier alpha value is -4.66. The zero-order valence-electron chi connectivity index (χ0n) is 25.4. The van der Waals surface area contributed by atoms with Crippen LogP contribution in [-0.4, -0.2) is 64.8 Å². The van der Waals surface area contributed by atoms with E-state index in [-0.39, 0.29) is 34.3 Å². The van der Waals surface area contributed by atoms with Crippen molar-refractivity contribution in [3.8, 4) is 33.8 Å². The zero-order valence-corrected chi connectivity index (χ0v) is 25.4. The van der Waals surface area contributed by atoms with Gasteiger partial charge in [0.05, 0.1) is 12.7 Å². The Morgan fingerprint density at radius 3 is 1.40 bits per heavy atom. The van der Waals surface area contributed by atoms with Crippen molar-refractivity contribution in [2.75, 3.05) is 48.0 Å². The molecule has 0 radical (unpaired) electrons. The number of ether oxygens (including phenoxy) is 5. The number of carbonyl (C=O) groups is 2. The molecule has 0 aliphatic carbocycles. The van der Waals surface area contributed by atoms with Gasteiger partial charge in [-0.05, 0) is 60.4 Å². The van der Waals surface area contributed by atoms with Crippen molar-refractivity contribution in [1.29, 1.82) is 0 Å². The van der Waals surface area contributed by atoms with Crippen molar-refractivity contribution in [1.82, 2.24) is 4.90 Å². The van der Waals surface area contributed by atoms with Crippen LogP contribution in [0.25, 0.3) is 22.3 Å². The minimum absolute atomic E-state index is 0. The van der Waals surface area contributed by atoms with Crippen LogP contribution in [0.1, 0.15) is 49.4 Å². The summed E-state index contributed by atoms with van der Waals surface area (Å²) in [5.41, 5.74) is 4.95. The number of carbonyl (C=O) groups excluding carboxylic acids is 2. The maximum Gasteiger partial charge on any atom is 0.341 e. The van der Waals surface area contributed by atoms with Crippen molar-refractivity contribution < 1.29 is 33.3 Å². The van der Waals surface area contributed by atoms with E-state index in [1.54, 1.807) is 24.1 Å². The first kappa shape index (κ1) is 38.4. The SMILES string of the molecule is C.C.CCN(CC)C(=O)c1cc(-c2ccccc2)ccc1OCOC.COCOc1ccc(-c2ccccc2)cc1C(=O)OC. The standard InChI is InChI=1S/C19H23NO3.C16H16O4.2CH4/c1-4-20(5-2)19(21)17-13-16(15-9-7-6-8-10-15)11-12-18(17)23-14-22-3;1-18-11-20-15-9-8-13(10-14(15)16(17)19-2)12-6-4-3-5-7-12;;/h6-13H,4-5,14H2,1-3H3;3-10H,11H2,1-2H3;2*1H4. The van der Waals surface area contributed by atoms with Crippen LogP contribution >= 0.6 is 0 Å². The van der Waals surface area contributed by atoms with E-state index in [9.17, 15) is 9.59 Å². The first-order valence-corrected chi connectivity index (χ1v) is 14.0. The highest BCUT2D eigenvalue weighted by Gasteiger charge is 2.19. The Morgan fingerprint density at radius 1 is 0.578 bits per heavy atom. The second-order valence-electron chi connectivity index (χ2n) is 9.22. The lowest BCUT2D eigenvalue weighted by atomic mass is 10.0. The van der Waals surface area contributed by atoms with E-state index in [1.807, 2.05) is 98.8 Å². The first-order chi connectivity index (χ1) is 21.0. The Kier molecular flexibility index (Phi) is 17.3. The van der Waals surface area contributed by atoms with Gasteiger partial charge in [0, 0.05) is 27.3 Å². The minimum atomic E-state index is -0.436.